The molecule has 2 aromatic rings. The van der Waals surface area contributed by atoms with Gasteiger partial charge in [-0.3, -0.25) is 9.59 Å². The van der Waals surface area contributed by atoms with Crippen LogP contribution in [-0.2, 0) is 16.1 Å². The van der Waals surface area contributed by atoms with Gasteiger partial charge >= 0.3 is 0 Å². The number of nitrogens with one attached hydrogen (secondary N) is 1. The van der Waals surface area contributed by atoms with Crippen LogP contribution in [0.4, 0.5) is 0 Å². The van der Waals surface area contributed by atoms with Gasteiger partial charge in [-0.1, -0.05) is 45.8 Å². The van der Waals surface area contributed by atoms with Crippen molar-refractivity contribution in [1.29, 1.82) is 0 Å². The summed E-state index contributed by atoms with van der Waals surface area (Å²) in [5.41, 5.74) is 1.86. The number of carbonyl (C=O) groups is 2. The van der Waals surface area contributed by atoms with Crippen LogP contribution in [0, 0.1) is 6.92 Å². The van der Waals surface area contributed by atoms with Crippen molar-refractivity contribution in [3.63, 3.8) is 0 Å². The number of rotatable bonds is 8. The predicted octanol–water partition coefficient (Wildman–Crippen LogP) is 5.57. The van der Waals surface area contributed by atoms with E-state index < -0.39 is 6.04 Å². The van der Waals surface area contributed by atoms with E-state index in [1.165, 1.54) is 5.56 Å². The number of hydrogen-bond acceptors (Lipinski definition) is 3. The van der Waals surface area contributed by atoms with Crippen molar-refractivity contribution in [3.8, 4) is 0 Å². The Hall–Kier alpha value is -1.79. The molecule has 0 bridgehead atoms. The maximum Gasteiger partial charge on any atom is 0.242 e. The first kappa shape index (κ1) is 24.5. The van der Waals surface area contributed by atoms with E-state index in [-0.39, 0.29) is 17.4 Å². The molecular formula is C24H31BrN2O2S. The molecule has 4 nitrogen and oxygen atoms in total. The van der Waals surface area contributed by atoms with Gasteiger partial charge < -0.3 is 10.2 Å². The number of thioether (sulfide) groups is 1. The fourth-order valence-electron chi connectivity index (χ4n) is 2.88. The first-order valence-electron chi connectivity index (χ1n) is 10.1. The molecule has 0 spiro atoms. The van der Waals surface area contributed by atoms with Gasteiger partial charge in [0, 0.05) is 33.6 Å². The van der Waals surface area contributed by atoms with Gasteiger partial charge in [-0.15, -0.1) is 11.8 Å². The number of halogens is 1. The molecule has 162 valence electrons. The van der Waals surface area contributed by atoms with Gasteiger partial charge in [0.05, 0.1) is 0 Å². The highest BCUT2D eigenvalue weighted by atomic mass is 79.9. The third kappa shape index (κ3) is 8.15. The highest BCUT2D eigenvalue weighted by Gasteiger charge is 2.28. The minimum atomic E-state index is -0.551. The monoisotopic (exact) mass is 490 g/mol. The first-order valence-corrected chi connectivity index (χ1v) is 11.9. The summed E-state index contributed by atoms with van der Waals surface area (Å²) in [6.45, 7) is 10.1. The first-order chi connectivity index (χ1) is 14.0. The van der Waals surface area contributed by atoms with Crippen molar-refractivity contribution in [2.45, 2.75) is 64.1 Å². The molecule has 0 aliphatic rings. The van der Waals surface area contributed by atoms with E-state index in [4.69, 9.17) is 0 Å². The molecule has 0 aromatic heterocycles. The summed E-state index contributed by atoms with van der Waals surface area (Å²) in [5.74, 6) is 0.514. The fraction of sp³-hybridized carbons (Fsp3) is 0.417. The van der Waals surface area contributed by atoms with Crippen LogP contribution in [-0.4, -0.2) is 34.0 Å². The van der Waals surface area contributed by atoms with Crippen molar-refractivity contribution in [2.24, 2.45) is 0 Å². The molecule has 1 N–H and O–H groups in total. The topological polar surface area (TPSA) is 49.4 Å². The largest absolute Gasteiger partial charge is 0.350 e. The van der Waals surface area contributed by atoms with E-state index in [0.29, 0.717) is 18.7 Å². The standard InChI is InChI=1S/C24H31BrN2O2S/c1-17-6-12-21(13-7-17)30-15-14-22(28)27(16-19-8-10-20(25)11-9-19)18(2)23(29)26-24(3,4)5/h6-13,18H,14-16H2,1-5H3,(H,26,29)/t18-/m1/s1. The Labute approximate surface area is 192 Å². The molecule has 0 fully saturated rings. The minimum absolute atomic E-state index is 0.0194. The highest BCUT2D eigenvalue weighted by Crippen LogP contribution is 2.21. The summed E-state index contributed by atoms with van der Waals surface area (Å²) < 4.78 is 0.983. The summed E-state index contributed by atoms with van der Waals surface area (Å²) in [6, 6.07) is 15.6. The third-order valence-electron chi connectivity index (χ3n) is 4.54. The Kier molecular flexibility index (Phi) is 8.98. The molecule has 30 heavy (non-hydrogen) atoms. The lowest BCUT2D eigenvalue weighted by Crippen LogP contribution is -2.52. The van der Waals surface area contributed by atoms with Gasteiger partial charge in [-0.05, 0) is 64.4 Å². The Morgan fingerprint density at radius 1 is 1.07 bits per heavy atom. The molecule has 0 aliphatic heterocycles. The average molecular weight is 491 g/mol. The van der Waals surface area contributed by atoms with Crippen molar-refractivity contribution in [3.05, 3.63) is 64.1 Å². The van der Waals surface area contributed by atoms with Crippen LogP contribution in [0.25, 0.3) is 0 Å². The summed E-state index contributed by atoms with van der Waals surface area (Å²) in [4.78, 5) is 28.7. The molecule has 2 rings (SSSR count). The lowest BCUT2D eigenvalue weighted by atomic mass is 10.1. The number of aryl methyl sites for hydroxylation is 1. The lowest BCUT2D eigenvalue weighted by Gasteiger charge is -2.31. The zero-order valence-electron chi connectivity index (χ0n) is 18.4. The van der Waals surface area contributed by atoms with E-state index in [9.17, 15) is 9.59 Å². The SMILES string of the molecule is Cc1ccc(SCCC(=O)N(Cc2ccc(Br)cc2)[C@H](C)C(=O)NC(C)(C)C)cc1. The van der Waals surface area contributed by atoms with Gasteiger partial charge in [0.25, 0.3) is 0 Å². The van der Waals surface area contributed by atoms with E-state index in [1.54, 1.807) is 23.6 Å². The van der Waals surface area contributed by atoms with Crippen LogP contribution in [0.5, 0.6) is 0 Å². The van der Waals surface area contributed by atoms with Crippen LogP contribution < -0.4 is 5.32 Å². The zero-order valence-corrected chi connectivity index (χ0v) is 20.8. The number of benzene rings is 2. The lowest BCUT2D eigenvalue weighted by molar-refractivity contribution is -0.140. The van der Waals surface area contributed by atoms with Crippen LogP contribution in [0.1, 0.15) is 45.2 Å². The van der Waals surface area contributed by atoms with Gasteiger partial charge in [-0.25, -0.2) is 0 Å². The predicted molar refractivity (Wildman–Crippen MR) is 129 cm³/mol. The second-order valence-corrected chi connectivity index (χ2v) is 10.6. The molecular weight excluding hydrogens is 460 g/mol. The Morgan fingerprint density at radius 2 is 1.67 bits per heavy atom. The van der Waals surface area contributed by atoms with Crippen LogP contribution in [0.2, 0.25) is 0 Å². The van der Waals surface area contributed by atoms with Gasteiger partial charge in [0.1, 0.15) is 6.04 Å². The number of hydrogen-bond donors (Lipinski definition) is 1. The van der Waals surface area contributed by atoms with Gasteiger partial charge in [-0.2, -0.15) is 0 Å². The van der Waals surface area contributed by atoms with Gasteiger partial charge in [0.15, 0.2) is 0 Å². The highest BCUT2D eigenvalue weighted by molar-refractivity contribution is 9.10. The van der Waals surface area contributed by atoms with E-state index in [1.807, 2.05) is 45.0 Å². The van der Waals surface area contributed by atoms with Crippen LogP contribution in [0.3, 0.4) is 0 Å². The normalized spacial score (nSPS) is 12.3. The number of amides is 2. The maximum atomic E-state index is 13.1. The number of nitrogens with zero attached hydrogens (tertiary/aromatic N) is 1. The smallest absolute Gasteiger partial charge is 0.242 e. The summed E-state index contributed by atoms with van der Waals surface area (Å²) in [6.07, 6.45) is 0.377. The van der Waals surface area contributed by atoms with E-state index >= 15 is 0 Å². The second kappa shape index (κ2) is 11.0. The van der Waals surface area contributed by atoms with Crippen molar-refractivity contribution < 1.29 is 9.59 Å². The molecule has 1 atom stereocenters. The molecule has 2 amide bonds. The molecule has 0 aliphatic carbocycles. The van der Waals surface area contributed by atoms with Crippen LogP contribution >= 0.6 is 27.7 Å². The third-order valence-corrected chi connectivity index (χ3v) is 6.08. The van der Waals surface area contributed by atoms with Crippen molar-refractivity contribution in [2.75, 3.05) is 5.75 Å². The second-order valence-electron chi connectivity index (χ2n) is 8.47. The molecule has 0 heterocycles. The molecule has 0 saturated heterocycles. The molecule has 0 saturated carbocycles. The molecule has 0 unspecified atom stereocenters. The molecule has 0 radical (unpaired) electrons. The van der Waals surface area contributed by atoms with Crippen LogP contribution in [0.15, 0.2) is 57.9 Å². The summed E-state index contributed by atoms with van der Waals surface area (Å²) in [7, 11) is 0. The Bertz CT molecular complexity index is 845. The van der Waals surface area contributed by atoms with E-state index in [0.717, 1.165) is 14.9 Å². The number of carbonyl (C=O) groups excluding carboxylic acids is 2. The fourth-order valence-corrected chi connectivity index (χ4v) is 3.98. The summed E-state index contributed by atoms with van der Waals surface area (Å²) in [5, 5.41) is 2.99. The van der Waals surface area contributed by atoms with Crippen molar-refractivity contribution in [1.82, 2.24) is 10.2 Å². The summed E-state index contributed by atoms with van der Waals surface area (Å²) >= 11 is 5.10. The Balaban J connectivity index is 2.08. The Morgan fingerprint density at radius 3 is 2.23 bits per heavy atom. The zero-order chi connectivity index (χ0) is 22.3. The maximum absolute atomic E-state index is 13.1. The molecule has 6 heteroatoms. The molecule has 2 aromatic carbocycles. The van der Waals surface area contributed by atoms with Crippen molar-refractivity contribution >= 4 is 39.5 Å². The minimum Gasteiger partial charge on any atom is -0.350 e. The van der Waals surface area contributed by atoms with E-state index in [2.05, 4.69) is 52.4 Å². The van der Waals surface area contributed by atoms with Gasteiger partial charge in [0.2, 0.25) is 11.8 Å². The average Bonchev–Trinajstić information content (AvgIpc) is 2.67. The quantitative estimate of drug-likeness (QED) is 0.491.